The number of amides is 3. The Hall–Kier alpha value is -3.15. The predicted octanol–water partition coefficient (Wildman–Crippen LogP) is 2.57. The van der Waals surface area contributed by atoms with E-state index in [1.54, 1.807) is 35.2 Å². The first-order chi connectivity index (χ1) is 12.6. The molecule has 1 fully saturated rings. The van der Waals surface area contributed by atoms with Crippen molar-refractivity contribution in [3.63, 3.8) is 0 Å². The number of carbonyl (C=O) groups is 3. The van der Waals surface area contributed by atoms with Gasteiger partial charge in [0.25, 0.3) is 5.91 Å². The molecule has 1 aliphatic rings. The van der Waals surface area contributed by atoms with Crippen LogP contribution in [0.3, 0.4) is 0 Å². The molecule has 3 amide bonds. The summed E-state index contributed by atoms with van der Waals surface area (Å²) in [6.07, 6.45) is 1.52. The second-order valence-corrected chi connectivity index (χ2v) is 6.09. The Morgan fingerprint density at radius 3 is 2.46 bits per heavy atom. The number of hydrogen-bond acceptors (Lipinski definition) is 3. The lowest BCUT2D eigenvalue weighted by molar-refractivity contribution is -0.117. The number of carbonyl (C=O) groups excluding carboxylic acids is 3. The summed E-state index contributed by atoms with van der Waals surface area (Å²) in [5.74, 6) is -0.347. The average Bonchev–Trinajstić information content (AvgIpc) is 3.08. The largest absolute Gasteiger partial charge is 0.352 e. The number of hydrogen-bond donors (Lipinski definition) is 2. The first-order valence-corrected chi connectivity index (χ1v) is 8.67. The molecular weight excluding hydrogens is 330 g/mol. The molecule has 2 aromatic carbocycles. The van der Waals surface area contributed by atoms with Crippen molar-refractivity contribution in [2.45, 2.75) is 19.3 Å². The van der Waals surface area contributed by atoms with E-state index < -0.39 is 0 Å². The van der Waals surface area contributed by atoms with E-state index in [-0.39, 0.29) is 30.7 Å². The molecule has 0 radical (unpaired) electrons. The van der Waals surface area contributed by atoms with Gasteiger partial charge in [0.1, 0.15) is 0 Å². The van der Waals surface area contributed by atoms with Crippen LogP contribution in [0.1, 0.15) is 29.6 Å². The topological polar surface area (TPSA) is 78.5 Å². The Balaban J connectivity index is 1.54. The van der Waals surface area contributed by atoms with E-state index in [1.807, 2.05) is 24.3 Å². The number of anilines is 2. The fourth-order valence-corrected chi connectivity index (χ4v) is 2.91. The van der Waals surface area contributed by atoms with Crippen molar-refractivity contribution in [1.82, 2.24) is 5.32 Å². The smallest absolute Gasteiger partial charge is 0.251 e. The highest BCUT2D eigenvalue weighted by Gasteiger charge is 2.24. The van der Waals surface area contributed by atoms with Crippen LogP contribution >= 0.6 is 0 Å². The molecule has 2 aromatic rings. The van der Waals surface area contributed by atoms with E-state index in [0.717, 1.165) is 12.1 Å². The molecule has 6 heteroatoms. The lowest BCUT2D eigenvalue weighted by Crippen LogP contribution is -2.28. The van der Waals surface area contributed by atoms with Gasteiger partial charge in [0.05, 0.1) is 11.4 Å². The Bertz CT molecular complexity index is 805. The van der Waals surface area contributed by atoms with Crippen LogP contribution in [0.5, 0.6) is 0 Å². The summed E-state index contributed by atoms with van der Waals surface area (Å²) in [6, 6.07) is 16.1. The normalized spacial score (nSPS) is 13.5. The van der Waals surface area contributed by atoms with Gasteiger partial charge < -0.3 is 15.5 Å². The second kappa shape index (κ2) is 8.29. The van der Waals surface area contributed by atoms with Crippen LogP contribution in [-0.4, -0.2) is 30.8 Å². The zero-order chi connectivity index (χ0) is 18.4. The molecule has 0 aromatic heterocycles. The number of rotatable bonds is 6. The second-order valence-electron chi connectivity index (χ2n) is 6.09. The van der Waals surface area contributed by atoms with E-state index in [2.05, 4.69) is 10.6 Å². The van der Waals surface area contributed by atoms with E-state index in [0.29, 0.717) is 24.2 Å². The van der Waals surface area contributed by atoms with Crippen LogP contribution in [0.15, 0.2) is 54.6 Å². The van der Waals surface area contributed by atoms with Crippen LogP contribution in [0, 0.1) is 0 Å². The van der Waals surface area contributed by atoms with Gasteiger partial charge in [-0.1, -0.05) is 30.3 Å². The first-order valence-electron chi connectivity index (χ1n) is 8.67. The molecule has 0 unspecified atom stereocenters. The third kappa shape index (κ3) is 4.27. The standard InChI is InChI=1S/C20H21N3O3/c24-18(12-13-21-20(26)15-7-2-1-3-8-15)22-16-9-4-5-10-17(16)23-14-6-11-19(23)25/h1-5,7-10H,6,11-14H2,(H,21,26)(H,22,24). The third-order valence-corrected chi connectivity index (χ3v) is 4.22. The highest BCUT2D eigenvalue weighted by atomic mass is 16.2. The third-order valence-electron chi connectivity index (χ3n) is 4.22. The Labute approximate surface area is 152 Å². The van der Waals surface area contributed by atoms with E-state index in [4.69, 9.17) is 0 Å². The summed E-state index contributed by atoms with van der Waals surface area (Å²) in [7, 11) is 0. The lowest BCUT2D eigenvalue weighted by Gasteiger charge is -2.20. The fourth-order valence-electron chi connectivity index (χ4n) is 2.91. The summed E-state index contributed by atoms with van der Waals surface area (Å²) in [6.45, 7) is 0.906. The predicted molar refractivity (Wildman–Crippen MR) is 100 cm³/mol. The minimum absolute atomic E-state index is 0.0711. The van der Waals surface area contributed by atoms with Crippen LogP contribution in [-0.2, 0) is 9.59 Å². The molecule has 3 rings (SSSR count). The summed E-state index contributed by atoms with van der Waals surface area (Å²) in [5, 5.41) is 5.57. The maximum atomic E-state index is 12.2. The van der Waals surface area contributed by atoms with E-state index >= 15 is 0 Å². The van der Waals surface area contributed by atoms with E-state index in [9.17, 15) is 14.4 Å². The monoisotopic (exact) mass is 351 g/mol. The lowest BCUT2D eigenvalue weighted by atomic mass is 10.2. The quantitative estimate of drug-likeness (QED) is 0.840. The van der Waals surface area contributed by atoms with Gasteiger partial charge in [0, 0.05) is 31.5 Å². The summed E-state index contributed by atoms with van der Waals surface area (Å²) >= 11 is 0. The molecular formula is C20H21N3O3. The highest BCUT2D eigenvalue weighted by molar-refractivity contribution is 6.02. The van der Waals surface area contributed by atoms with Gasteiger partial charge in [-0.15, -0.1) is 0 Å². The van der Waals surface area contributed by atoms with Gasteiger partial charge in [-0.25, -0.2) is 0 Å². The minimum Gasteiger partial charge on any atom is -0.352 e. The van der Waals surface area contributed by atoms with Crippen molar-refractivity contribution < 1.29 is 14.4 Å². The molecule has 1 aliphatic heterocycles. The van der Waals surface area contributed by atoms with Crippen molar-refractivity contribution in [3.8, 4) is 0 Å². The van der Waals surface area contributed by atoms with Crippen molar-refractivity contribution in [2.24, 2.45) is 0 Å². The van der Waals surface area contributed by atoms with Crippen LogP contribution in [0.2, 0.25) is 0 Å². The molecule has 2 N–H and O–H groups in total. The summed E-state index contributed by atoms with van der Waals surface area (Å²) in [5.41, 5.74) is 1.89. The molecule has 1 heterocycles. The summed E-state index contributed by atoms with van der Waals surface area (Å²) in [4.78, 5) is 37.8. The van der Waals surface area contributed by atoms with Gasteiger partial charge in [-0.05, 0) is 30.7 Å². The molecule has 6 nitrogen and oxygen atoms in total. The molecule has 1 saturated heterocycles. The SMILES string of the molecule is O=C(CCNC(=O)c1ccccc1)Nc1ccccc1N1CCCC1=O. The van der Waals surface area contributed by atoms with Crippen molar-refractivity contribution in [3.05, 3.63) is 60.2 Å². The highest BCUT2D eigenvalue weighted by Crippen LogP contribution is 2.29. The summed E-state index contributed by atoms with van der Waals surface area (Å²) < 4.78 is 0. The molecule has 134 valence electrons. The minimum atomic E-state index is -0.211. The van der Waals surface area contributed by atoms with Gasteiger partial charge in [-0.3, -0.25) is 14.4 Å². The maximum absolute atomic E-state index is 12.2. The number of benzene rings is 2. The molecule has 0 saturated carbocycles. The Kier molecular flexibility index (Phi) is 5.63. The first kappa shape index (κ1) is 17.7. The zero-order valence-electron chi connectivity index (χ0n) is 14.4. The van der Waals surface area contributed by atoms with Crippen molar-refractivity contribution in [2.75, 3.05) is 23.3 Å². The molecule has 0 aliphatic carbocycles. The van der Waals surface area contributed by atoms with Crippen LogP contribution in [0.4, 0.5) is 11.4 Å². The number of nitrogens with one attached hydrogen (secondary N) is 2. The number of nitrogens with zero attached hydrogens (tertiary/aromatic N) is 1. The maximum Gasteiger partial charge on any atom is 0.251 e. The van der Waals surface area contributed by atoms with Crippen LogP contribution in [0.25, 0.3) is 0 Å². The van der Waals surface area contributed by atoms with Crippen molar-refractivity contribution >= 4 is 29.1 Å². The van der Waals surface area contributed by atoms with Gasteiger partial charge in [0.15, 0.2) is 0 Å². The Morgan fingerprint density at radius 1 is 1.00 bits per heavy atom. The van der Waals surface area contributed by atoms with Crippen molar-refractivity contribution in [1.29, 1.82) is 0 Å². The fraction of sp³-hybridized carbons (Fsp3) is 0.250. The molecule has 0 spiro atoms. The average molecular weight is 351 g/mol. The van der Waals surface area contributed by atoms with Gasteiger partial charge in [-0.2, -0.15) is 0 Å². The number of para-hydroxylation sites is 2. The van der Waals surface area contributed by atoms with Gasteiger partial charge in [0.2, 0.25) is 11.8 Å². The van der Waals surface area contributed by atoms with Gasteiger partial charge >= 0.3 is 0 Å². The zero-order valence-corrected chi connectivity index (χ0v) is 14.4. The molecule has 26 heavy (non-hydrogen) atoms. The van der Waals surface area contributed by atoms with E-state index in [1.165, 1.54) is 0 Å². The molecule has 0 atom stereocenters. The Morgan fingerprint density at radius 2 is 1.73 bits per heavy atom. The van der Waals surface area contributed by atoms with Crippen LogP contribution < -0.4 is 15.5 Å². The molecule has 0 bridgehead atoms.